The minimum atomic E-state index is -0.414. The van der Waals surface area contributed by atoms with Crippen molar-refractivity contribution in [1.29, 1.82) is 0 Å². The molecule has 2 atom stereocenters. The Morgan fingerprint density at radius 2 is 2.17 bits per heavy atom. The fourth-order valence-electron chi connectivity index (χ4n) is 2.93. The van der Waals surface area contributed by atoms with Crippen LogP contribution in [0.3, 0.4) is 0 Å². The predicted molar refractivity (Wildman–Crippen MR) is 98.0 cm³/mol. The van der Waals surface area contributed by atoms with Crippen LogP contribution in [0.2, 0.25) is 0 Å². The van der Waals surface area contributed by atoms with Crippen LogP contribution in [0, 0.1) is 5.92 Å². The Hall–Kier alpha value is -1.34. The number of aromatic nitrogens is 2. The Bertz CT molecular complexity index is 825. The monoisotopic (exact) mass is 366 g/mol. The normalized spacial score (nSPS) is 18.6. The maximum Gasteiger partial charge on any atom is 0.319 e. The first-order valence-corrected chi connectivity index (χ1v) is 9.96. The first-order valence-electron chi connectivity index (χ1n) is 8.27. The summed E-state index contributed by atoms with van der Waals surface area (Å²) in [5.41, 5.74) is 1.07. The summed E-state index contributed by atoms with van der Waals surface area (Å²) in [6.45, 7) is 7.65. The summed E-state index contributed by atoms with van der Waals surface area (Å²) in [7, 11) is 0. The van der Waals surface area contributed by atoms with Gasteiger partial charge in [0.2, 0.25) is 0 Å². The van der Waals surface area contributed by atoms with E-state index in [-0.39, 0.29) is 17.6 Å². The number of nitrogens with zero attached hydrogens (tertiary/aromatic N) is 1. The van der Waals surface area contributed by atoms with Crippen LogP contribution in [0.4, 0.5) is 0 Å². The van der Waals surface area contributed by atoms with Gasteiger partial charge in [0.05, 0.1) is 11.5 Å². The molecule has 2 aromatic rings. The van der Waals surface area contributed by atoms with Gasteiger partial charge in [-0.2, -0.15) is 0 Å². The fourth-order valence-corrected chi connectivity index (χ4v) is 5.15. The quantitative estimate of drug-likeness (QED) is 0.509. The van der Waals surface area contributed by atoms with E-state index in [4.69, 9.17) is 4.74 Å². The lowest BCUT2D eigenvalue weighted by atomic mass is 9.89. The number of aryl methyl sites for hydroxylation is 1. The highest BCUT2D eigenvalue weighted by Gasteiger charge is 2.24. The number of H-pyrrole nitrogens is 1. The number of ether oxygens (including phenoxy) is 1. The van der Waals surface area contributed by atoms with Gasteiger partial charge in [-0.1, -0.05) is 18.7 Å². The van der Waals surface area contributed by atoms with Crippen molar-refractivity contribution in [2.75, 3.05) is 0 Å². The van der Waals surface area contributed by atoms with Crippen LogP contribution in [-0.4, -0.2) is 27.3 Å². The van der Waals surface area contributed by atoms with Crippen molar-refractivity contribution in [3.05, 3.63) is 20.8 Å². The highest BCUT2D eigenvalue weighted by Crippen LogP contribution is 2.36. The number of carbonyl (C=O) groups is 1. The molecule has 7 heteroatoms. The maximum absolute atomic E-state index is 12.5. The second-order valence-corrected chi connectivity index (χ2v) is 9.06. The molecule has 0 saturated heterocycles. The lowest BCUT2D eigenvalue weighted by molar-refractivity contribution is -0.146. The van der Waals surface area contributed by atoms with Crippen LogP contribution < -0.4 is 5.56 Å². The van der Waals surface area contributed by atoms with E-state index in [9.17, 15) is 9.59 Å². The molecule has 0 bridgehead atoms. The molecule has 0 aliphatic heterocycles. The van der Waals surface area contributed by atoms with Crippen molar-refractivity contribution in [2.24, 2.45) is 5.92 Å². The molecule has 0 saturated carbocycles. The Morgan fingerprint density at radius 1 is 1.42 bits per heavy atom. The molecule has 5 nitrogen and oxygen atoms in total. The molecule has 0 unspecified atom stereocenters. The molecule has 2 aromatic heterocycles. The van der Waals surface area contributed by atoms with Crippen LogP contribution in [-0.2, 0) is 22.4 Å². The topological polar surface area (TPSA) is 72.0 Å². The van der Waals surface area contributed by atoms with Gasteiger partial charge in [-0.15, -0.1) is 11.3 Å². The number of fused-ring (bicyclic) bond motifs is 3. The van der Waals surface area contributed by atoms with E-state index in [2.05, 4.69) is 16.9 Å². The number of hydrogen-bond acceptors (Lipinski definition) is 6. The van der Waals surface area contributed by atoms with Gasteiger partial charge in [-0.3, -0.25) is 9.59 Å². The molecule has 0 radical (unpaired) electrons. The molecule has 0 fully saturated rings. The number of rotatable bonds is 4. The summed E-state index contributed by atoms with van der Waals surface area (Å²) >= 11 is 2.85. The van der Waals surface area contributed by atoms with E-state index in [0.29, 0.717) is 11.1 Å². The summed E-state index contributed by atoms with van der Waals surface area (Å²) in [6, 6.07) is 0. The lowest BCUT2D eigenvalue weighted by Gasteiger charge is -2.17. The van der Waals surface area contributed by atoms with Crippen molar-refractivity contribution in [3.63, 3.8) is 0 Å². The largest absolute Gasteiger partial charge is 0.462 e. The standard InChI is InChI=1S/C17H22N2O3S2/c1-8(2)22-16(21)10(4)23-17-18-14(20)13-11-6-5-9(3)7-12(11)24-15(13)19-17/h8-10H,5-7H2,1-4H3,(H,18,19,20)/t9-,10-/m0/s1. The smallest absolute Gasteiger partial charge is 0.319 e. The van der Waals surface area contributed by atoms with Crippen LogP contribution in [0.15, 0.2) is 9.95 Å². The van der Waals surface area contributed by atoms with Gasteiger partial charge >= 0.3 is 5.97 Å². The van der Waals surface area contributed by atoms with Crippen molar-refractivity contribution in [1.82, 2.24) is 9.97 Å². The molecule has 24 heavy (non-hydrogen) atoms. The summed E-state index contributed by atoms with van der Waals surface area (Å²) in [6.07, 6.45) is 2.94. The summed E-state index contributed by atoms with van der Waals surface area (Å²) in [4.78, 5) is 34.0. The SMILES string of the molecule is CC(C)OC(=O)[C@H](C)Sc1nc2sc3c(c2c(=O)[nH]1)CC[C@H](C)C3. The number of hydrogen-bond donors (Lipinski definition) is 1. The van der Waals surface area contributed by atoms with Crippen molar-refractivity contribution in [2.45, 2.75) is 63.5 Å². The summed E-state index contributed by atoms with van der Waals surface area (Å²) in [5, 5.41) is 0.804. The minimum Gasteiger partial charge on any atom is -0.462 e. The number of nitrogens with one attached hydrogen (secondary N) is 1. The van der Waals surface area contributed by atoms with E-state index < -0.39 is 5.25 Å². The Balaban J connectivity index is 1.89. The molecule has 1 aliphatic rings. The number of esters is 1. The van der Waals surface area contributed by atoms with Gasteiger partial charge in [0.1, 0.15) is 10.1 Å². The highest BCUT2D eigenvalue weighted by molar-refractivity contribution is 8.00. The number of thiophene rings is 1. The number of thioether (sulfide) groups is 1. The fraction of sp³-hybridized carbons (Fsp3) is 0.588. The van der Waals surface area contributed by atoms with E-state index in [1.54, 1.807) is 18.3 Å². The molecule has 2 heterocycles. The van der Waals surface area contributed by atoms with Gasteiger partial charge < -0.3 is 9.72 Å². The average Bonchev–Trinajstić information content (AvgIpc) is 2.83. The highest BCUT2D eigenvalue weighted by atomic mass is 32.2. The van der Waals surface area contributed by atoms with Gasteiger partial charge in [0, 0.05) is 4.88 Å². The van der Waals surface area contributed by atoms with E-state index in [0.717, 1.165) is 29.5 Å². The third kappa shape index (κ3) is 3.52. The molecular formula is C17H22N2O3S2. The molecule has 0 amide bonds. The third-order valence-electron chi connectivity index (χ3n) is 4.12. The van der Waals surface area contributed by atoms with Gasteiger partial charge in [-0.05, 0) is 51.5 Å². The Kier molecular flexibility index (Phi) is 5.01. The molecule has 130 valence electrons. The molecule has 1 aliphatic carbocycles. The van der Waals surface area contributed by atoms with Crippen molar-refractivity contribution >= 4 is 39.3 Å². The Morgan fingerprint density at radius 3 is 2.88 bits per heavy atom. The minimum absolute atomic E-state index is 0.0982. The summed E-state index contributed by atoms with van der Waals surface area (Å²) in [5.74, 6) is 0.362. The van der Waals surface area contributed by atoms with Gasteiger partial charge in [0.15, 0.2) is 5.16 Å². The first kappa shape index (κ1) is 17.5. The molecule has 3 rings (SSSR count). The second-order valence-electron chi connectivity index (χ2n) is 6.65. The number of aromatic amines is 1. The maximum atomic E-state index is 12.5. The zero-order valence-electron chi connectivity index (χ0n) is 14.3. The van der Waals surface area contributed by atoms with Gasteiger partial charge in [0.25, 0.3) is 5.56 Å². The van der Waals surface area contributed by atoms with Crippen molar-refractivity contribution < 1.29 is 9.53 Å². The summed E-state index contributed by atoms with van der Waals surface area (Å²) < 4.78 is 5.20. The lowest BCUT2D eigenvalue weighted by Crippen LogP contribution is -2.21. The third-order valence-corrected chi connectivity index (χ3v) is 6.23. The molecular weight excluding hydrogens is 344 g/mol. The molecule has 0 aromatic carbocycles. The van der Waals surface area contributed by atoms with Crippen molar-refractivity contribution in [3.8, 4) is 0 Å². The van der Waals surface area contributed by atoms with E-state index >= 15 is 0 Å². The predicted octanol–water partition coefficient (Wildman–Crippen LogP) is 3.54. The zero-order chi connectivity index (χ0) is 17.4. The second kappa shape index (κ2) is 6.88. The zero-order valence-corrected chi connectivity index (χ0v) is 16.0. The Labute approximate surface area is 149 Å². The first-order chi connectivity index (χ1) is 11.3. The van der Waals surface area contributed by atoms with Crippen LogP contribution in [0.25, 0.3) is 10.2 Å². The average molecular weight is 367 g/mol. The van der Waals surface area contributed by atoms with Crippen LogP contribution in [0.1, 0.15) is 44.6 Å². The van der Waals surface area contributed by atoms with Gasteiger partial charge in [-0.25, -0.2) is 4.98 Å². The van der Waals surface area contributed by atoms with E-state index in [1.807, 2.05) is 13.8 Å². The molecule has 0 spiro atoms. The van der Waals surface area contributed by atoms with E-state index in [1.165, 1.54) is 22.2 Å². The van der Waals surface area contributed by atoms with Crippen LogP contribution in [0.5, 0.6) is 0 Å². The van der Waals surface area contributed by atoms with Crippen LogP contribution >= 0.6 is 23.1 Å². The number of carbonyl (C=O) groups excluding carboxylic acids is 1. The molecule has 1 N–H and O–H groups in total.